The number of alkyl halides is 3. The predicted octanol–water partition coefficient (Wildman–Crippen LogP) is 8.93. The maximum absolute atomic E-state index is 10.5. The average molecular weight is 805 g/mol. The van der Waals surface area contributed by atoms with Gasteiger partial charge in [-0.15, -0.1) is 5.73 Å². The van der Waals surface area contributed by atoms with Gasteiger partial charge in [-0.05, 0) is 75.8 Å². The highest BCUT2D eigenvalue weighted by molar-refractivity contribution is 6.30. The van der Waals surface area contributed by atoms with Crippen LogP contribution in [0, 0.1) is 5.92 Å². The zero-order valence-corrected chi connectivity index (χ0v) is 34.1. The third-order valence-corrected chi connectivity index (χ3v) is 11.2. The molecule has 0 spiro atoms. The van der Waals surface area contributed by atoms with Gasteiger partial charge in [0.1, 0.15) is 13.0 Å². The minimum atomic E-state index is -5.19. The molecule has 3 aromatic carbocycles. The minimum Gasteiger partial charge on any atom is -0.542 e. The lowest BCUT2D eigenvalue weighted by molar-refractivity contribution is -0.401. The van der Waals surface area contributed by atoms with Gasteiger partial charge in [-0.25, -0.2) is 0 Å². The van der Waals surface area contributed by atoms with E-state index in [1.54, 1.807) is 0 Å². The number of carbonyl (C=O) groups excluding carboxylic acids is 1. The molecule has 57 heavy (non-hydrogen) atoms. The van der Waals surface area contributed by atoms with E-state index in [1.807, 2.05) is 18.2 Å². The van der Waals surface area contributed by atoms with Crippen molar-refractivity contribution in [2.45, 2.75) is 70.6 Å². The molecule has 0 saturated carbocycles. The molecule has 0 fully saturated rings. The summed E-state index contributed by atoms with van der Waals surface area (Å²) in [6, 6.07) is 27.6. The monoisotopic (exact) mass is 804 g/mol. The Morgan fingerprint density at radius 1 is 0.877 bits per heavy atom. The molecule has 1 atom stereocenters. The third kappa shape index (κ3) is 10.7. The van der Waals surface area contributed by atoms with Crippen LogP contribution < -0.4 is 10.0 Å². The number of carbonyl (C=O) groups is 1. The van der Waals surface area contributed by atoms with Crippen molar-refractivity contribution in [2.75, 3.05) is 51.5 Å². The number of fused-ring (bicyclic) bond motifs is 2. The molecule has 2 aliphatic heterocycles. The lowest BCUT2D eigenvalue weighted by atomic mass is 9.81. The first-order valence-electron chi connectivity index (χ1n) is 19.3. The third-order valence-electron chi connectivity index (χ3n) is 10.7. The molecule has 0 N–H and O–H groups in total. The molecular formula is C46H52ClF3N2O5. The Morgan fingerprint density at radius 3 is 2.14 bits per heavy atom. The summed E-state index contributed by atoms with van der Waals surface area (Å²) >= 11 is 7.18. The lowest BCUT2D eigenvalue weighted by Gasteiger charge is -2.26. The second-order valence-electron chi connectivity index (χ2n) is 15.3. The number of allylic oxidation sites excluding steroid dienone is 5. The number of anilines is 1. The number of carboxylic acid groups (broad SMARTS) is 1. The quantitative estimate of drug-likeness (QED) is 0.0921. The molecule has 7 nitrogen and oxygen atoms in total. The summed E-state index contributed by atoms with van der Waals surface area (Å²) < 4.78 is 51.4. The van der Waals surface area contributed by atoms with Gasteiger partial charge in [0.15, 0.2) is 5.71 Å². The molecule has 0 saturated heterocycles. The number of ether oxygens (including phenoxy) is 3. The van der Waals surface area contributed by atoms with Crippen LogP contribution >= 0.6 is 11.6 Å². The van der Waals surface area contributed by atoms with Crippen LogP contribution in [-0.4, -0.2) is 69.1 Å². The molecule has 2 heterocycles. The molecule has 1 aliphatic carbocycles. The number of rotatable bonds is 14. The van der Waals surface area contributed by atoms with Crippen molar-refractivity contribution in [1.29, 1.82) is 0 Å². The molecule has 1 unspecified atom stereocenters. The van der Waals surface area contributed by atoms with Crippen molar-refractivity contribution in [3.8, 4) is 0 Å². The number of hydrogen-bond donors (Lipinski definition) is 0. The maximum atomic E-state index is 10.5. The van der Waals surface area contributed by atoms with Gasteiger partial charge in [0.25, 0.3) is 0 Å². The molecule has 11 heteroatoms. The van der Waals surface area contributed by atoms with Gasteiger partial charge in [-0.3, -0.25) is 0 Å². The summed E-state index contributed by atoms with van der Waals surface area (Å²) in [5, 5.41) is 9.72. The fraction of sp³-hybridized carbons (Fsp3) is 0.413. The van der Waals surface area contributed by atoms with E-state index in [9.17, 15) is 13.2 Å². The van der Waals surface area contributed by atoms with E-state index in [0.29, 0.717) is 39.6 Å². The van der Waals surface area contributed by atoms with Gasteiger partial charge < -0.3 is 29.0 Å². The Morgan fingerprint density at radius 2 is 1.47 bits per heavy atom. The van der Waals surface area contributed by atoms with E-state index < -0.39 is 12.1 Å². The fourth-order valence-electron chi connectivity index (χ4n) is 7.65. The number of para-hydroxylation sites is 2. The smallest absolute Gasteiger partial charge is 0.430 e. The molecule has 0 amide bonds. The van der Waals surface area contributed by atoms with Crippen LogP contribution in [0.15, 0.2) is 119 Å². The first-order valence-corrected chi connectivity index (χ1v) is 19.7. The second-order valence-corrected chi connectivity index (χ2v) is 15.7. The number of carboxylic acids is 1. The van der Waals surface area contributed by atoms with Crippen molar-refractivity contribution in [1.82, 2.24) is 0 Å². The minimum absolute atomic E-state index is 0.0614. The van der Waals surface area contributed by atoms with E-state index in [2.05, 4.69) is 129 Å². The highest BCUT2D eigenvalue weighted by Gasteiger charge is 2.43. The van der Waals surface area contributed by atoms with Gasteiger partial charge in [0, 0.05) is 46.3 Å². The van der Waals surface area contributed by atoms with Crippen molar-refractivity contribution in [2.24, 2.45) is 5.92 Å². The lowest BCUT2D eigenvalue weighted by Crippen LogP contribution is -2.37. The molecule has 3 aliphatic rings. The SMILES string of the molecule is C[N+]1=C(/C=C/C2=C(Cl)C(C=C=C3N(CCOCCOCCOCc4ccccc4)c4ccccc4C3(C)C)CCC2)C(C)(C)c2ccccc21.O=C([O-])C(F)(F)F. The Kier molecular flexibility index (Phi) is 14.8. The van der Waals surface area contributed by atoms with Crippen molar-refractivity contribution in [3.05, 3.63) is 136 Å². The number of aliphatic carboxylic acids is 1. The average Bonchev–Trinajstić information content (AvgIpc) is 3.52. The van der Waals surface area contributed by atoms with Gasteiger partial charge in [0.2, 0.25) is 5.69 Å². The maximum Gasteiger partial charge on any atom is 0.430 e. The summed E-state index contributed by atoms with van der Waals surface area (Å²) in [5.74, 6) is -2.87. The Labute approximate surface area is 339 Å². The zero-order chi connectivity index (χ0) is 41.2. The zero-order valence-electron chi connectivity index (χ0n) is 33.3. The summed E-state index contributed by atoms with van der Waals surface area (Å²) in [6.45, 7) is 13.3. The van der Waals surface area contributed by atoms with Gasteiger partial charge in [-0.1, -0.05) is 84.4 Å². The van der Waals surface area contributed by atoms with Crippen molar-refractivity contribution >= 4 is 34.7 Å². The molecule has 0 aromatic heterocycles. The van der Waals surface area contributed by atoms with Crippen molar-refractivity contribution < 1.29 is 41.9 Å². The van der Waals surface area contributed by atoms with E-state index in [4.69, 9.17) is 35.7 Å². The number of hydrogen-bond acceptors (Lipinski definition) is 6. The molecule has 3 aromatic rings. The molecule has 0 bridgehead atoms. The van der Waals surface area contributed by atoms with Crippen LogP contribution in [0.5, 0.6) is 0 Å². The highest BCUT2D eigenvalue weighted by Crippen LogP contribution is 2.47. The van der Waals surface area contributed by atoms with E-state index >= 15 is 0 Å². The summed E-state index contributed by atoms with van der Waals surface area (Å²) in [7, 11) is 2.17. The normalized spacial score (nSPS) is 18.3. The van der Waals surface area contributed by atoms with Gasteiger partial charge in [0.05, 0.1) is 50.8 Å². The first kappa shape index (κ1) is 43.7. The number of nitrogens with zero attached hydrogens (tertiary/aromatic N) is 2. The Balaban J connectivity index is 0.000000811. The van der Waals surface area contributed by atoms with E-state index in [-0.39, 0.29) is 16.7 Å². The topological polar surface area (TPSA) is 74.1 Å². The molecule has 6 rings (SSSR count). The Bertz CT molecular complexity index is 2030. The molecule has 0 radical (unpaired) electrons. The highest BCUT2D eigenvalue weighted by atomic mass is 35.5. The Hall–Kier alpha value is -4.44. The summed E-state index contributed by atoms with van der Waals surface area (Å²) in [4.78, 5) is 11.2. The van der Waals surface area contributed by atoms with Crippen LogP contribution in [0.1, 0.15) is 63.6 Å². The van der Waals surface area contributed by atoms with Crippen LogP contribution in [0.3, 0.4) is 0 Å². The summed E-state index contributed by atoms with van der Waals surface area (Å²) in [6.07, 6.45) is 4.68. The fourth-order valence-corrected chi connectivity index (χ4v) is 7.98. The van der Waals surface area contributed by atoms with E-state index in [1.165, 1.54) is 39.3 Å². The van der Waals surface area contributed by atoms with Crippen LogP contribution in [0.25, 0.3) is 0 Å². The first-order chi connectivity index (χ1) is 27.1. The standard InChI is InChI=1S/C44H52ClN2O3.C2HF3O2/c1-43(2)36-18-9-11-20-38(36)46(5)40(43)24-22-34-16-13-17-35(42(34)45)23-25-41-44(3,4)37-19-10-12-21-39(37)47(41)26-27-48-28-29-49-30-31-50-32-33-14-7-6-8-15-33;3-2(4,5)1(6)7/h6-12,14-15,18-24,35H,13,16-17,26-32H2,1-5H3;(H,6,7)/q+1;/p-1/b24-22+;. The van der Waals surface area contributed by atoms with Crippen LogP contribution in [0.2, 0.25) is 0 Å². The van der Waals surface area contributed by atoms with E-state index in [0.717, 1.165) is 36.5 Å². The van der Waals surface area contributed by atoms with Crippen molar-refractivity contribution in [3.63, 3.8) is 0 Å². The van der Waals surface area contributed by atoms with Crippen LogP contribution in [0.4, 0.5) is 24.5 Å². The second kappa shape index (κ2) is 19.3. The van der Waals surface area contributed by atoms with Gasteiger partial charge in [-0.2, -0.15) is 17.7 Å². The van der Waals surface area contributed by atoms with Crippen LogP contribution in [-0.2, 0) is 36.4 Å². The number of halogens is 4. The predicted molar refractivity (Wildman–Crippen MR) is 217 cm³/mol. The molecular weight excluding hydrogens is 753 g/mol. The largest absolute Gasteiger partial charge is 0.542 e. The summed E-state index contributed by atoms with van der Waals surface area (Å²) in [5.41, 5.74) is 13.5. The molecule has 304 valence electrons. The van der Waals surface area contributed by atoms with Gasteiger partial charge >= 0.3 is 6.18 Å². The number of benzene rings is 3.